The van der Waals surface area contributed by atoms with Crippen LogP contribution in [0.1, 0.15) is 13.8 Å². The van der Waals surface area contributed by atoms with E-state index in [4.69, 9.17) is 9.84 Å². The average Bonchev–Trinajstić information content (AvgIpc) is 2.16. The van der Waals surface area contributed by atoms with Crippen LogP contribution >= 0.6 is 0 Å². The van der Waals surface area contributed by atoms with Gasteiger partial charge in [0.05, 0.1) is 6.10 Å². The summed E-state index contributed by atoms with van der Waals surface area (Å²) in [6.45, 7) is 2.81. The lowest BCUT2D eigenvalue weighted by atomic mass is 10.1. The summed E-state index contributed by atoms with van der Waals surface area (Å²) >= 11 is 0. The number of carbonyl (C=O) groups excluding carboxylic acids is 1. The number of hydrogen-bond donors (Lipinski definition) is 2. The maximum atomic E-state index is 10.5. The zero-order valence-electron chi connectivity index (χ0n) is 6.93. The zero-order chi connectivity index (χ0) is 9.30. The quantitative estimate of drug-likeness (QED) is 0.502. The molecule has 5 heteroatoms. The third kappa shape index (κ3) is 1.74. The van der Waals surface area contributed by atoms with Crippen molar-refractivity contribution in [3.8, 4) is 0 Å². The van der Waals surface area contributed by atoms with Crippen molar-refractivity contribution in [1.29, 1.82) is 0 Å². The molecule has 1 saturated heterocycles. The molecule has 0 aromatic heterocycles. The molecule has 1 rings (SSSR count). The molecular weight excluding hydrogens is 164 g/mol. The van der Waals surface area contributed by atoms with E-state index in [1.54, 1.807) is 6.92 Å². The Morgan fingerprint density at radius 2 is 2.08 bits per heavy atom. The number of esters is 1. The van der Waals surface area contributed by atoms with E-state index in [1.807, 2.05) is 0 Å². The highest BCUT2D eigenvalue weighted by molar-refractivity contribution is 5.66. The van der Waals surface area contributed by atoms with Crippen molar-refractivity contribution >= 4 is 5.97 Å². The molecule has 0 spiro atoms. The molecule has 4 atom stereocenters. The van der Waals surface area contributed by atoms with E-state index in [0.717, 1.165) is 0 Å². The van der Waals surface area contributed by atoms with Gasteiger partial charge in [-0.15, -0.1) is 0 Å². The first-order chi connectivity index (χ1) is 5.52. The number of hydrogen-bond acceptors (Lipinski definition) is 5. The third-order valence-corrected chi connectivity index (χ3v) is 1.75. The Morgan fingerprint density at radius 1 is 1.50 bits per heavy atom. The molecule has 1 fully saturated rings. The summed E-state index contributed by atoms with van der Waals surface area (Å²) < 4.78 is 9.46. The summed E-state index contributed by atoms with van der Waals surface area (Å²) in [5.41, 5.74) is 0. The van der Waals surface area contributed by atoms with E-state index in [9.17, 15) is 9.90 Å². The van der Waals surface area contributed by atoms with Crippen LogP contribution in [-0.2, 0) is 14.3 Å². The van der Waals surface area contributed by atoms with Crippen molar-refractivity contribution in [3.05, 3.63) is 0 Å². The minimum absolute atomic E-state index is 0.510. The largest absolute Gasteiger partial charge is 0.454 e. The first-order valence-electron chi connectivity index (χ1n) is 3.71. The monoisotopic (exact) mass is 176 g/mol. The Bertz CT molecular complexity index is 181. The van der Waals surface area contributed by atoms with Gasteiger partial charge in [0.1, 0.15) is 6.10 Å². The van der Waals surface area contributed by atoms with E-state index >= 15 is 0 Å². The van der Waals surface area contributed by atoms with Gasteiger partial charge in [0.15, 0.2) is 12.4 Å². The van der Waals surface area contributed by atoms with E-state index in [1.165, 1.54) is 6.92 Å². The first kappa shape index (κ1) is 9.44. The number of aliphatic hydroxyl groups excluding tert-OH is 2. The molecule has 1 heterocycles. The van der Waals surface area contributed by atoms with E-state index in [0.29, 0.717) is 0 Å². The Labute approximate surface area is 69.9 Å². The molecule has 12 heavy (non-hydrogen) atoms. The molecule has 0 saturated carbocycles. The molecule has 0 bridgehead atoms. The molecule has 70 valence electrons. The SMILES string of the molecule is CC(=O)O[C@H]1C(O)O[C@H](C)[C@H]1O. The van der Waals surface area contributed by atoms with E-state index < -0.39 is 30.6 Å². The zero-order valence-corrected chi connectivity index (χ0v) is 6.93. The lowest BCUT2D eigenvalue weighted by Crippen LogP contribution is -2.35. The maximum absolute atomic E-state index is 10.5. The summed E-state index contributed by atoms with van der Waals surface area (Å²) in [7, 11) is 0. The number of carbonyl (C=O) groups is 1. The van der Waals surface area contributed by atoms with Crippen molar-refractivity contribution in [2.75, 3.05) is 0 Å². The predicted octanol–water partition coefficient (Wildman–Crippen LogP) is -0.984. The fourth-order valence-electron chi connectivity index (χ4n) is 1.13. The molecular formula is C7H12O5. The standard InChI is InChI=1S/C7H12O5/c1-3-5(9)6(7(10)11-3)12-4(2)8/h3,5-7,9-10H,1-2H3/t3-,5-,6-,7?/m1/s1. The van der Waals surface area contributed by atoms with E-state index in [2.05, 4.69) is 4.74 Å². The summed E-state index contributed by atoms with van der Waals surface area (Å²) in [5.74, 6) is -0.546. The molecule has 2 N–H and O–H groups in total. The first-order valence-corrected chi connectivity index (χ1v) is 3.71. The lowest BCUT2D eigenvalue weighted by molar-refractivity contribution is -0.169. The van der Waals surface area contributed by atoms with Gasteiger partial charge in [-0.2, -0.15) is 0 Å². The molecule has 0 aromatic carbocycles. The van der Waals surface area contributed by atoms with Gasteiger partial charge < -0.3 is 19.7 Å². The van der Waals surface area contributed by atoms with Crippen LogP contribution in [0.15, 0.2) is 0 Å². The fraction of sp³-hybridized carbons (Fsp3) is 0.857. The highest BCUT2D eigenvalue weighted by Gasteiger charge is 2.42. The van der Waals surface area contributed by atoms with Crippen LogP contribution in [0, 0.1) is 0 Å². The van der Waals surface area contributed by atoms with Crippen LogP contribution in [0.4, 0.5) is 0 Å². The van der Waals surface area contributed by atoms with Crippen molar-refractivity contribution in [3.63, 3.8) is 0 Å². The summed E-state index contributed by atoms with van der Waals surface area (Å²) in [5, 5.41) is 18.4. The van der Waals surface area contributed by atoms with Crippen molar-refractivity contribution in [1.82, 2.24) is 0 Å². The van der Waals surface area contributed by atoms with Gasteiger partial charge in [0, 0.05) is 6.92 Å². The van der Waals surface area contributed by atoms with Gasteiger partial charge in [-0.3, -0.25) is 4.79 Å². The third-order valence-electron chi connectivity index (χ3n) is 1.75. The fourth-order valence-corrected chi connectivity index (χ4v) is 1.13. The van der Waals surface area contributed by atoms with Crippen molar-refractivity contribution in [2.45, 2.75) is 38.4 Å². The topological polar surface area (TPSA) is 76.0 Å². The maximum Gasteiger partial charge on any atom is 0.303 e. The highest BCUT2D eigenvalue weighted by Crippen LogP contribution is 2.21. The highest BCUT2D eigenvalue weighted by atomic mass is 16.7. The van der Waals surface area contributed by atoms with Crippen LogP contribution in [0.25, 0.3) is 0 Å². The summed E-state index contributed by atoms with van der Waals surface area (Å²) in [6, 6.07) is 0. The second-order valence-electron chi connectivity index (χ2n) is 2.80. The molecule has 1 aliphatic rings. The van der Waals surface area contributed by atoms with Crippen molar-refractivity contribution < 1.29 is 24.5 Å². The number of aliphatic hydroxyl groups is 2. The molecule has 1 unspecified atom stereocenters. The average molecular weight is 176 g/mol. The normalized spacial score (nSPS) is 41.3. The summed E-state index contributed by atoms with van der Waals surface area (Å²) in [4.78, 5) is 10.5. The second kappa shape index (κ2) is 3.38. The molecule has 0 radical (unpaired) electrons. The molecule has 0 aliphatic carbocycles. The second-order valence-corrected chi connectivity index (χ2v) is 2.80. The van der Waals surface area contributed by atoms with Gasteiger partial charge in [-0.1, -0.05) is 0 Å². The molecule has 1 aliphatic heterocycles. The van der Waals surface area contributed by atoms with Gasteiger partial charge >= 0.3 is 5.97 Å². The Balaban J connectivity index is 2.57. The van der Waals surface area contributed by atoms with Crippen LogP contribution in [0.2, 0.25) is 0 Å². The lowest BCUT2D eigenvalue weighted by Gasteiger charge is -2.15. The number of ether oxygens (including phenoxy) is 2. The molecule has 5 nitrogen and oxygen atoms in total. The van der Waals surface area contributed by atoms with Crippen molar-refractivity contribution in [2.24, 2.45) is 0 Å². The van der Waals surface area contributed by atoms with Crippen LogP contribution in [0.3, 0.4) is 0 Å². The van der Waals surface area contributed by atoms with Crippen LogP contribution < -0.4 is 0 Å². The minimum Gasteiger partial charge on any atom is -0.454 e. The van der Waals surface area contributed by atoms with E-state index in [-0.39, 0.29) is 0 Å². The molecule has 0 aromatic rings. The van der Waals surface area contributed by atoms with Gasteiger partial charge in [0.2, 0.25) is 0 Å². The minimum atomic E-state index is -1.22. The predicted molar refractivity (Wildman–Crippen MR) is 38.1 cm³/mol. The Kier molecular flexibility index (Phi) is 2.66. The smallest absolute Gasteiger partial charge is 0.303 e. The Morgan fingerprint density at radius 3 is 2.42 bits per heavy atom. The van der Waals surface area contributed by atoms with Gasteiger partial charge in [0.25, 0.3) is 0 Å². The molecule has 0 amide bonds. The van der Waals surface area contributed by atoms with Crippen LogP contribution in [0.5, 0.6) is 0 Å². The Hall–Kier alpha value is -0.650. The van der Waals surface area contributed by atoms with Gasteiger partial charge in [-0.25, -0.2) is 0 Å². The van der Waals surface area contributed by atoms with Gasteiger partial charge in [-0.05, 0) is 6.92 Å². The number of rotatable bonds is 1. The summed E-state index contributed by atoms with van der Waals surface area (Å²) in [6.07, 6.45) is -3.65. The van der Waals surface area contributed by atoms with Crippen LogP contribution in [-0.4, -0.2) is 40.8 Å².